The molecule has 0 saturated heterocycles. The number of rotatable bonds is 2. The van der Waals surface area contributed by atoms with Gasteiger partial charge in [0.15, 0.2) is 6.10 Å². The molecule has 2 atom stereocenters. The highest BCUT2D eigenvalue weighted by atomic mass is 19.1. The second-order valence-corrected chi connectivity index (χ2v) is 4.68. The first-order valence-electron chi connectivity index (χ1n) is 6.24. The van der Waals surface area contributed by atoms with E-state index >= 15 is 0 Å². The molecule has 3 rings (SSSR count). The van der Waals surface area contributed by atoms with E-state index in [1.165, 1.54) is 12.1 Å². The number of benzene rings is 2. The minimum atomic E-state index is -1.84. The van der Waals surface area contributed by atoms with Gasteiger partial charge in [0.25, 0.3) is 0 Å². The molecule has 0 N–H and O–H groups in total. The summed E-state index contributed by atoms with van der Waals surface area (Å²) in [5.74, 6) is -1.28. The van der Waals surface area contributed by atoms with Crippen LogP contribution in [0.15, 0.2) is 42.5 Å². The molecule has 21 heavy (non-hydrogen) atoms. The van der Waals surface area contributed by atoms with E-state index in [0.717, 1.165) is 12.1 Å². The number of nitriles is 1. The van der Waals surface area contributed by atoms with E-state index in [2.05, 4.69) is 0 Å². The van der Waals surface area contributed by atoms with Crippen LogP contribution in [-0.2, 0) is 0 Å². The fourth-order valence-electron chi connectivity index (χ4n) is 2.38. The monoisotopic (exact) mass is 285 g/mol. The van der Waals surface area contributed by atoms with Crippen molar-refractivity contribution < 1.29 is 18.3 Å². The number of carbonyl (C=O) groups excluding carboxylic acids is 1. The summed E-state index contributed by atoms with van der Waals surface area (Å²) in [6, 6.07) is 11.6. The van der Waals surface area contributed by atoms with Crippen molar-refractivity contribution in [2.45, 2.75) is 12.3 Å². The van der Waals surface area contributed by atoms with Crippen molar-refractivity contribution in [1.82, 2.24) is 0 Å². The van der Waals surface area contributed by atoms with Gasteiger partial charge in [0, 0.05) is 17.2 Å². The zero-order valence-corrected chi connectivity index (χ0v) is 10.7. The molecule has 2 aromatic rings. The molecular formula is C16H9F2NO2. The molecule has 1 aliphatic rings. The summed E-state index contributed by atoms with van der Waals surface area (Å²) in [6.45, 7) is 0. The van der Waals surface area contributed by atoms with Gasteiger partial charge in [-0.05, 0) is 12.1 Å². The third-order valence-electron chi connectivity index (χ3n) is 3.31. The zero-order valence-electron chi connectivity index (χ0n) is 10.7. The Morgan fingerprint density at radius 2 is 1.95 bits per heavy atom. The molecule has 0 fully saturated rings. The highest BCUT2D eigenvalue weighted by molar-refractivity contribution is 6.04. The summed E-state index contributed by atoms with van der Waals surface area (Å²) in [7, 11) is 0. The van der Waals surface area contributed by atoms with E-state index in [4.69, 9.17) is 10.00 Å². The second kappa shape index (κ2) is 4.98. The highest BCUT2D eigenvalue weighted by Crippen LogP contribution is 2.37. The number of carbonyl (C=O) groups is 1. The third kappa shape index (κ3) is 2.25. The van der Waals surface area contributed by atoms with Gasteiger partial charge in [-0.1, -0.05) is 24.3 Å². The van der Waals surface area contributed by atoms with Crippen molar-refractivity contribution in [3.63, 3.8) is 0 Å². The quantitative estimate of drug-likeness (QED) is 0.850. The van der Waals surface area contributed by atoms with Gasteiger partial charge < -0.3 is 4.74 Å². The number of hydrogen-bond acceptors (Lipinski definition) is 3. The Morgan fingerprint density at radius 1 is 1.19 bits per heavy atom. The van der Waals surface area contributed by atoms with Crippen molar-refractivity contribution in [1.29, 1.82) is 5.26 Å². The van der Waals surface area contributed by atoms with E-state index in [9.17, 15) is 13.6 Å². The average Bonchev–Trinajstić information content (AvgIpc) is 2.72. The van der Waals surface area contributed by atoms with E-state index in [-0.39, 0.29) is 16.9 Å². The first-order chi connectivity index (χ1) is 10.1. The summed E-state index contributed by atoms with van der Waals surface area (Å²) >= 11 is 0. The molecule has 1 aliphatic carbocycles. The summed E-state index contributed by atoms with van der Waals surface area (Å²) in [4.78, 5) is 11.8. The molecule has 0 heterocycles. The van der Waals surface area contributed by atoms with Gasteiger partial charge in [-0.15, -0.1) is 0 Å². The molecule has 0 aliphatic heterocycles. The normalized spacial score (nSPS) is 20.0. The van der Waals surface area contributed by atoms with Gasteiger partial charge in [0.2, 0.25) is 12.0 Å². The molecular weight excluding hydrogens is 276 g/mol. The summed E-state index contributed by atoms with van der Waals surface area (Å²) in [5.41, 5.74) is 0.766. The number of hydrogen-bond donors (Lipinski definition) is 0. The van der Waals surface area contributed by atoms with E-state index in [0.29, 0.717) is 5.56 Å². The van der Waals surface area contributed by atoms with Crippen LogP contribution >= 0.6 is 0 Å². The number of ether oxygens (including phenoxy) is 1. The Bertz CT molecular complexity index is 767. The van der Waals surface area contributed by atoms with E-state index in [1.54, 1.807) is 24.3 Å². The smallest absolute Gasteiger partial charge is 0.203 e. The topological polar surface area (TPSA) is 50.1 Å². The number of fused-ring (bicyclic) bond motifs is 1. The zero-order chi connectivity index (χ0) is 15.0. The SMILES string of the molecule is N#Cc1cc(F)cc(OC2c3ccccc3C(=O)C2F)c1. The third-order valence-corrected chi connectivity index (χ3v) is 3.31. The Balaban J connectivity index is 1.97. The lowest BCUT2D eigenvalue weighted by atomic mass is 10.1. The molecule has 0 radical (unpaired) electrons. The minimum absolute atomic E-state index is 0.0173. The van der Waals surface area contributed by atoms with Gasteiger partial charge in [0.05, 0.1) is 11.6 Å². The highest BCUT2D eigenvalue weighted by Gasteiger charge is 2.41. The van der Waals surface area contributed by atoms with Crippen LogP contribution in [0, 0.1) is 17.1 Å². The first kappa shape index (κ1) is 13.3. The molecule has 5 heteroatoms. The van der Waals surface area contributed by atoms with Crippen LogP contribution in [0.25, 0.3) is 0 Å². The van der Waals surface area contributed by atoms with E-state index in [1.807, 2.05) is 0 Å². The molecule has 0 amide bonds. The lowest BCUT2D eigenvalue weighted by molar-refractivity contribution is 0.0707. The number of halogens is 2. The van der Waals surface area contributed by atoms with Gasteiger partial charge in [-0.3, -0.25) is 4.79 Å². The van der Waals surface area contributed by atoms with E-state index < -0.39 is 23.9 Å². The second-order valence-electron chi connectivity index (χ2n) is 4.68. The predicted molar refractivity (Wildman–Crippen MR) is 70.2 cm³/mol. The fraction of sp³-hybridized carbons (Fsp3) is 0.125. The lowest BCUT2D eigenvalue weighted by Gasteiger charge is -2.16. The van der Waals surface area contributed by atoms with Crippen molar-refractivity contribution in [2.75, 3.05) is 0 Å². The number of ketones is 1. The Hall–Kier alpha value is -2.74. The predicted octanol–water partition coefficient (Wildman–Crippen LogP) is 3.35. The molecule has 0 aromatic heterocycles. The maximum atomic E-state index is 14.1. The first-order valence-corrected chi connectivity index (χ1v) is 6.24. The standard InChI is InChI=1S/C16H9F2NO2/c17-10-5-9(8-19)6-11(7-10)21-16-13-4-2-1-3-12(13)15(20)14(16)18/h1-7,14,16H. The number of Topliss-reactive ketones (excluding diaryl/α,β-unsaturated/α-hetero) is 1. The Kier molecular flexibility index (Phi) is 3.15. The van der Waals surface area contributed by atoms with Crippen LogP contribution in [0.5, 0.6) is 5.75 Å². The molecule has 3 nitrogen and oxygen atoms in total. The Labute approximate surface area is 119 Å². The summed E-state index contributed by atoms with van der Waals surface area (Å²) in [5, 5.41) is 8.80. The molecule has 104 valence electrons. The fourth-order valence-corrected chi connectivity index (χ4v) is 2.38. The van der Waals surface area contributed by atoms with Gasteiger partial charge in [0.1, 0.15) is 11.6 Å². The summed E-state index contributed by atoms with van der Waals surface area (Å²) in [6.07, 6.45) is -2.96. The average molecular weight is 285 g/mol. The molecule has 2 aromatic carbocycles. The van der Waals surface area contributed by atoms with Crippen LogP contribution in [0.4, 0.5) is 8.78 Å². The van der Waals surface area contributed by atoms with Crippen LogP contribution in [-0.4, -0.2) is 12.0 Å². The van der Waals surface area contributed by atoms with Crippen molar-refractivity contribution in [2.24, 2.45) is 0 Å². The van der Waals surface area contributed by atoms with Gasteiger partial charge in [-0.25, -0.2) is 8.78 Å². The molecule has 0 bridgehead atoms. The van der Waals surface area contributed by atoms with Crippen LogP contribution < -0.4 is 4.74 Å². The van der Waals surface area contributed by atoms with Crippen molar-refractivity contribution >= 4 is 5.78 Å². The number of alkyl halides is 1. The van der Waals surface area contributed by atoms with Gasteiger partial charge in [-0.2, -0.15) is 5.26 Å². The number of nitrogens with zero attached hydrogens (tertiary/aromatic N) is 1. The Morgan fingerprint density at radius 3 is 2.71 bits per heavy atom. The van der Waals surface area contributed by atoms with Crippen molar-refractivity contribution in [3.8, 4) is 11.8 Å². The van der Waals surface area contributed by atoms with Crippen LogP contribution in [0.2, 0.25) is 0 Å². The lowest BCUT2D eigenvalue weighted by Crippen LogP contribution is -2.19. The van der Waals surface area contributed by atoms with Crippen LogP contribution in [0.3, 0.4) is 0 Å². The largest absolute Gasteiger partial charge is 0.482 e. The summed E-state index contributed by atoms with van der Waals surface area (Å²) < 4.78 is 32.9. The van der Waals surface area contributed by atoms with Crippen LogP contribution in [0.1, 0.15) is 27.6 Å². The maximum Gasteiger partial charge on any atom is 0.203 e. The maximum absolute atomic E-state index is 14.1. The molecule has 2 unspecified atom stereocenters. The molecule has 0 spiro atoms. The minimum Gasteiger partial charge on any atom is -0.482 e. The van der Waals surface area contributed by atoms with Crippen molar-refractivity contribution in [3.05, 3.63) is 65.0 Å². The molecule has 0 saturated carbocycles. The van der Waals surface area contributed by atoms with Gasteiger partial charge >= 0.3 is 0 Å².